The van der Waals surface area contributed by atoms with Gasteiger partial charge in [0.05, 0.1) is 23.1 Å². The Labute approximate surface area is 220 Å². The molecule has 6 rings (SSSR count). The fourth-order valence-electron chi connectivity index (χ4n) is 6.31. The quantitative estimate of drug-likeness (QED) is 0.349. The van der Waals surface area contributed by atoms with Gasteiger partial charge < -0.3 is 19.5 Å². The molecule has 196 valence electrons. The van der Waals surface area contributed by atoms with Crippen LogP contribution in [0.4, 0.5) is 5.69 Å². The minimum atomic E-state index is -0.421. The molecule has 2 bridgehead atoms. The highest BCUT2D eigenvalue weighted by atomic mass is 16.7. The second-order valence-corrected chi connectivity index (χ2v) is 10.2. The second-order valence-electron chi connectivity index (χ2n) is 10.2. The number of nitro benzene ring substituents is 1. The first kappa shape index (κ1) is 24.4. The number of fused-ring (bicyclic) bond motifs is 4. The summed E-state index contributed by atoms with van der Waals surface area (Å²) in [6.45, 7) is 1.44. The van der Waals surface area contributed by atoms with E-state index in [1.807, 2.05) is 24.3 Å². The lowest BCUT2D eigenvalue weighted by atomic mass is 9.95. The Morgan fingerprint density at radius 1 is 1.24 bits per heavy atom. The summed E-state index contributed by atoms with van der Waals surface area (Å²) in [6, 6.07) is 12.8. The van der Waals surface area contributed by atoms with Crippen molar-refractivity contribution in [3.05, 3.63) is 63.3 Å². The molecule has 10 heteroatoms. The van der Waals surface area contributed by atoms with E-state index in [0.29, 0.717) is 36.0 Å². The molecule has 3 aliphatic heterocycles. The van der Waals surface area contributed by atoms with Crippen molar-refractivity contribution in [3.8, 4) is 23.3 Å². The van der Waals surface area contributed by atoms with Crippen molar-refractivity contribution in [3.63, 3.8) is 0 Å². The molecule has 1 aromatic heterocycles. The minimum absolute atomic E-state index is 0.00751. The topological polar surface area (TPSA) is 123 Å². The third-order valence-electron chi connectivity index (χ3n) is 8.12. The van der Waals surface area contributed by atoms with Gasteiger partial charge in [0, 0.05) is 48.9 Å². The van der Waals surface area contributed by atoms with Gasteiger partial charge in [0.25, 0.3) is 0 Å². The van der Waals surface area contributed by atoms with Gasteiger partial charge in [-0.1, -0.05) is 0 Å². The highest BCUT2D eigenvalue weighted by Crippen LogP contribution is 2.42. The van der Waals surface area contributed by atoms with E-state index >= 15 is 0 Å². The highest BCUT2D eigenvalue weighted by Gasteiger charge is 2.40. The van der Waals surface area contributed by atoms with Crippen LogP contribution < -0.4 is 19.5 Å². The molecule has 0 saturated carbocycles. The number of nitro groups is 1. The van der Waals surface area contributed by atoms with Gasteiger partial charge in [-0.15, -0.1) is 0 Å². The summed E-state index contributed by atoms with van der Waals surface area (Å²) < 4.78 is 16.1. The fraction of sp³-hybridized carbons (Fsp3) is 0.429. The largest absolute Gasteiger partial charge is 0.497 e. The summed E-state index contributed by atoms with van der Waals surface area (Å²) in [5.74, 6) is 1.41. The Hall–Kier alpha value is -3.94. The van der Waals surface area contributed by atoms with E-state index in [4.69, 9.17) is 14.2 Å². The third-order valence-corrected chi connectivity index (χ3v) is 8.12. The van der Waals surface area contributed by atoms with E-state index in [-0.39, 0.29) is 18.2 Å². The fourth-order valence-corrected chi connectivity index (χ4v) is 6.31. The van der Waals surface area contributed by atoms with E-state index in [9.17, 15) is 15.4 Å². The number of ether oxygens (including phenoxy) is 3. The lowest BCUT2D eigenvalue weighted by molar-refractivity contribution is -0.385. The lowest BCUT2D eigenvalue weighted by Gasteiger charge is -2.39. The van der Waals surface area contributed by atoms with Crippen molar-refractivity contribution in [1.82, 2.24) is 15.2 Å². The first-order valence-electron chi connectivity index (χ1n) is 13.0. The maximum Gasteiger partial charge on any atom is 0.315 e. The van der Waals surface area contributed by atoms with Gasteiger partial charge in [-0.2, -0.15) is 5.26 Å². The smallest absolute Gasteiger partial charge is 0.315 e. The van der Waals surface area contributed by atoms with Crippen LogP contribution in [0.25, 0.3) is 10.9 Å². The summed E-state index contributed by atoms with van der Waals surface area (Å²) in [7, 11) is 1.64. The normalized spacial score (nSPS) is 21.9. The Balaban J connectivity index is 1.12. The first-order valence-corrected chi connectivity index (χ1v) is 13.0. The van der Waals surface area contributed by atoms with Gasteiger partial charge in [0.2, 0.25) is 12.5 Å². The number of pyridine rings is 1. The van der Waals surface area contributed by atoms with E-state index in [2.05, 4.69) is 21.3 Å². The van der Waals surface area contributed by atoms with Crippen LogP contribution in [0.3, 0.4) is 0 Å². The third kappa shape index (κ3) is 4.48. The molecule has 3 aliphatic rings. The monoisotopic (exact) mass is 515 g/mol. The predicted molar refractivity (Wildman–Crippen MR) is 139 cm³/mol. The molecule has 2 fully saturated rings. The van der Waals surface area contributed by atoms with Crippen molar-refractivity contribution in [2.24, 2.45) is 0 Å². The Kier molecular flexibility index (Phi) is 6.47. The minimum Gasteiger partial charge on any atom is -0.497 e. The number of hydrogen-bond donors (Lipinski definition) is 1. The zero-order valence-corrected chi connectivity index (χ0v) is 21.2. The first-order chi connectivity index (χ1) is 18.5. The van der Waals surface area contributed by atoms with Crippen molar-refractivity contribution < 1.29 is 19.1 Å². The molecule has 0 radical (unpaired) electrons. The van der Waals surface area contributed by atoms with E-state index < -0.39 is 4.92 Å². The van der Waals surface area contributed by atoms with Crippen LogP contribution in [0.1, 0.15) is 42.4 Å². The van der Waals surface area contributed by atoms with E-state index in [1.54, 1.807) is 19.4 Å². The molecule has 1 N–H and O–H groups in total. The van der Waals surface area contributed by atoms with Gasteiger partial charge >= 0.3 is 5.69 Å². The number of benzene rings is 2. The van der Waals surface area contributed by atoms with Crippen LogP contribution >= 0.6 is 0 Å². The second kappa shape index (κ2) is 10.1. The van der Waals surface area contributed by atoms with Gasteiger partial charge in [-0.05, 0) is 67.5 Å². The van der Waals surface area contributed by atoms with Gasteiger partial charge in [0.1, 0.15) is 11.8 Å². The number of aromatic nitrogens is 1. The van der Waals surface area contributed by atoms with Crippen LogP contribution in [-0.4, -0.2) is 53.4 Å². The summed E-state index contributed by atoms with van der Waals surface area (Å²) in [6.07, 6.45) is 6.83. The summed E-state index contributed by atoms with van der Waals surface area (Å²) in [5, 5.41) is 25.8. The average molecular weight is 516 g/mol. The number of nitrogens with zero attached hydrogens (tertiary/aromatic N) is 4. The highest BCUT2D eigenvalue weighted by molar-refractivity contribution is 5.85. The summed E-state index contributed by atoms with van der Waals surface area (Å²) in [4.78, 5) is 18.1. The van der Waals surface area contributed by atoms with Gasteiger partial charge in [0.15, 0.2) is 5.75 Å². The zero-order valence-electron chi connectivity index (χ0n) is 21.2. The number of nitriles is 1. The maximum absolute atomic E-state index is 11.5. The standard InChI is InChI=1S/C28H29N5O5/c1-36-22-4-5-25-24(12-22)23(18(13-29)15-31-25)6-7-32-20-2-3-21(32)11-19(10-20)30-14-17-8-26(33(34)35)28-27(9-17)37-16-38-28/h4-5,8-9,12,15,19-21,30H,2-3,6-7,10-11,14,16H2,1H3/t19?,20-,21?/m0/s1. The molecular formula is C28H29N5O5. The molecular weight excluding hydrogens is 486 g/mol. The summed E-state index contributed by atoms with van der Waals surface area (Å²) >= 11 is 0. The van der Waals surface area contributed by atoms with Crippen LogP contribution in [0.15, 0.2) is 36.5 Å². The average Bonchev–Trinajstić information content (AvgIpc) is 3.50. The van der Waals surface area contributed by atoms with E-state index in [1.165, 1.54) is 0 Å². The molecule has 4 heterocycles. The lowest BCUT2D eigenvalue weighted by Crippen LogP contribution is -2.49. The van der Waals surface area contributed by atoms with Crippen molar-refractivity contribution in [2.45, 2.75) is 56.8 Å². The molecule has 0 amide bonds. The molecule has 3 aromatic rings. The molecule has 0 aliphatic carbocycles. The number of methoxy groups -OCH3 is 1. The van der Waals surface area contributed by atoms with Crippen LogP contribution in [0.5, 0.6) is 17.2 Å². The molecule has 38 heavy (non-hydrogen) atoms. The zero-order chi connectivity index (χ0) is 26.2. The van der Waals surface area contributed by atoms with Crippen molar-refractivity contribution in [2.75, 3.05) is 20.4 Å². The van der Waals surface area contributed by atoms with Crippen LogP contribution in [0, 0.1) is 21.4 Å². The number of rotatable bonds is 8. The summed E-state index contributed by atoms with van der Waals surface area (Å²) in [5.41, 5.74) is 3.28. The SMILES string of the molecule is COc1ccc2ncc(C#N)c(CCN3C4CC[C@H]3CC(NCc3cc5c(c([N+](=O)[O-])c3)OCO5)C4)c2c1. The molecule has 2 unspecified atom stereocenters. The van der Waals surface area contributed by atoms with Crippen LogP contribution in [0.2, 0.25) is 0 Å². The molecule has 0 spiro atoms. The number of nitrogens with one attached hydrogen (secondary N) is 1. The maximum atomic E-state index is 11.5. The molecule has 2 aromatic carbocycles. The number of hydrogen-bond acceptors (Lipinski definition) is 9. The van der Waals surface area contributed by atoms with Crippen molar-refractivity contribution >= 4 is 16.6 Å². The molecule has 2 saturated heterocycles. The van der Waals surface area contributed by atoms with Gasteiger partial charge in [-0.25, -0.2) is 0 Å². The predicted octanol–water partition coefficient (Wildman–Crippen LogP) is 4.08. The van der Waals surface area contributed by atoms with E-state index in [0.717, 1.165) is 66.4 Å². The Morgan fingerprint density at radius 2 is 2.05 bits per heavy atom. The molecule has 3 atom stereocenters. The van der Waals surface area contributed by atoms with Crippen LogP contribution in [-0.2, 0) is 13.0 Å². The molecule has 10 nitrogen and oxygen atoms in total. The number of piperidine rings is 1. The van der Waals surface area contributed by atoms with Gasteiger partial charge in [-0.3, -0.25) is 20.0 Å². The Morgan fingerprint density at radius 3 is 2.79 bits per heavy atom. The Bertz CT molecular complexity index is 1420. The van der Waals surface area contributed by atoms with Crippen molar-refractivity contribution in [1.29, 1.82) is 5.26 Å².